The quantitative estimate of drug-likeness (QED) is 0.873. The van der Waals surface area contributed by atoms with Crippen LogP contribution in [0.2, 0.25) is 5.02 Å². The summed E-state index contributed by atoms with van der Waals surface area (Å²) in [5.41, 5.74) is 0.938. The van der Waals surface area contributed by atoms with Gasteiger partial charge in [0.05, 0.1) is 11.6 Å². The molecule has 3 nitrogen and oxygen atoms in total. The van der Waals surface area contributed by atoms with Crippen LogP contribution in [0.3, 0.4) is 0 Å². The lowest BCUT2D eigenvalue weighted by molar-refractivity contribution is -0.0497. The normalized spacial score (nSPS) is 19.3. The number of nitrogens with one attached hydrogen (secondary N) is 1. The summed E-state index contributed by atoms with van der Waals surface area (Å²) in [4.78, 5) is 0. The first-order valence-electron chi connectivity index (χ1n) is 6.67. The van der Waals surface area contributed by atoms with Gasteiger partial charge < -0.3 is 14.8 Å². The van der Waals surface area contributed by atoms with Crippen molar-refractivity contribution in [1.82, 2.24) is 5.32 Å². The third kappa shape index (κ3) is 4.89. The molecule has 112 valence electrons. The van der Waals surface area contributed by atoms with E-state index in [0.29, 0.717) is 12.5 Å². The Kier molecular flexibility index (Phi) is 6.01. The minimum atomic E-state index is -2.86. The van der Waals surface area contributed by atoms with Crippen LogP contribution in [0.5, 0.6) is 5.75 Å². The minimum Gasteiger partial charge on any atom is -0.433 e. The van der Waals surface area contributed by atoms with Crippen LogP contribution in [0.1, 0.15) is 18.4 Å². The number of rotatable bonds is 6. The fourth-order valence-corrected chi connectivity index (χ4v) is 2.48. The molecule has 0 aromatic heterocycles. The molecule has 1 heterocycles. The minimum absolute atomic E-state index is 0.00565. The van der Waals surface area contributed by atoms with E-state index >= 15 is 0 Å². The van der Waals surface area contributed by atoms with Gasteiger partial charge in [-0.3, -0.25) is 0 Å². The molecule has 0 saturated carbocycles. The highest BCUT2D eigenvalue weighted by Crippen LogP contribution is 2.26. The van der Waals surface area contributed by atoms with Gasteiger partial charge in [0.1, 0.15) is 5.75 Å². The second kappa shape index (κ2) is 7.76. The maximum atomic E-state index is 12.1. The fraction of sp³-hybridized carbons (Fsp3) is 0.571. The summed E-state index contributed by atoms with van der Waals surface area (Å²) in [7, 11) is 0. The SMILES string of the molecule is FC(F)Oc1ccc(CNCC2CCCOC2)cc1Cl. The summed E-state index contributed by atoms with van der Waals surface area (Å²) >= 11 is 5.89. The van der Waals surface area contributed by atoms with Crippen LogP contribution in [-0.2, 0) is 11.3 Å². The summed E-state index contributed by atoms with van der Waals surface area (Å²) in [6, 6.07) is 4.84. The first-order valence-corrected chi connectivity index (χ1v) is 7.04. The van der Waals surface area contributed by atoms with E-state index in [0.717, 1.165) is 31.7 Å². The predicted octanol–water partition coefficient (Wildman–Crippen LogP) is 3.46. The van der Waals surface area contributed by atoms with Gasteiger partial charge in [-0.1, -0.05) is 17.7 Å². The number of benzene rings is 1. The lowest BCUT2D eigenvalue weighted by Gasteiger charge is -2.22. The first-order chi connectivity index (χ1) is 9.65. The Morgan fingerprint density at radius 3 is 2.95 bits per heavy atom. The van der Waals surface area contributed by atoms with Crippen LogP contribution >= 0.6 is 11.6 Å². The number of hydrogen-bond acceptors (Lipinski definition) is 3. The lowest BCUT2D eigenvalue weighted by Crippen LogP contribution is -2.28. The van der Waals surface area contributed by atoms with E-state index in [4.69, 9.17) is 16.3 Å². The molecule has 1 aliphatic rings. The molecule has 0 spiro atoms. The first kappa shape index (κ1) is 15.5. The molecule has 0 amide bonds. The molecule has 1 aliphatic heterocycles. The molecule has 1 atom stereocenters. The molecule has 2 rings (SSSR count). The van der Waals surface area contributed by atoms with E-state index < -0.39 is 6.61 Å². The van der Waals surface area contributed by atoms with Gasteiger partial charge in [-0.05, 0) is 36.5 Å². The molecule has 1 aromatic carbocycles. The van der Waals surface area contributed by atoms with Crippen molar-refractivity contribution < 1.29 is 18.3 Å². The molecule has 0 aliphatic carbocycles. The number of ether oxygens (including phenoxy) is 2. The van der Waals surface area contributed by atoms with E-state index in [-0.39, 0.29) is 10.8 Å². The van der Waals surface area contributed by atoms with Gasteiger partial charge in [-0.2, -0.15) is 8.78 Å². The number of alkyl halides is 2. The topological polar surface area (TPSA) is 30.5 Å². The molecule has 1 unspecified atom stereocenters. The van der Waals surface area contributed by atoms with Gasteiger partial charge in [0, 0.05) is 19.7 Å². The van der Waals surface area contributed by atoms with Gasteiger partial charge in [0.25, 0.3) is 0 Å². The molecule has 1 N–H and O–H groups in total. The zero-order chi connectivity index (χ0) is 14.4. The van der Waals surface area contributed by atoms with Crippen molar-refractivity contribution in [1.29, 1.82) is 0 Å². The van der Waals surface area contributed by atoms with Crippen molar-refractivity contribution in [3.63, 3.8) is 0 Å². The second-order valence-electron chi connectivity index (χ2n) is 4.86. The van der Waals surface area contributed by atoms with Crippen molar-refractivity contribution >= 4 is 11.6 Å². The van der Waals surface area contributed by atoms with Crippen molar-refractivity contribution in [2.75, 3.05) is 19.8 Å². The standard InChI is InChI=1S/C14H18ClF2NO2/c15-12-6-10(3-4-13(12)20-14(16)17)7-18-8-11-2-1-5-19-9-11/h3-4,6,11,14,18H,1-2,5,7-9H2. The zero-order valence-corrected chi connectivity index (χ0v) is 11.8. The molecule has 1 aromatic rings. The van der Waals surface area contributed by atoms with Crippen LogP contribution in [0.25, 0.3) is 0 Å². The zero-order valence-electron chi connectivity index (χ0n) is 11.1. The van der Waals surface area contributed by atoms with E-state index in [1.165, 1.54) is 12.5 Å². The summed E-state index contributed by atoms with van der Waals surface area (Å²) in [5.74, 6) is 0.548. The van der Waals surface area contributed by atoms with Crippen LogP contribution in [0.15, 0.2) is 18.2 Å². The Labute approximate surface area is 122 Å². The Bertz CT molecular complexity index is 426. The smallest absolute Gasteiger partial charge is 0.387 e. The van der Waals surface area contributed by atoms with E-state index in [9.17, 15) is 8.78 Å². The van der Waals surface area contributed by atoms with Crippen LogP contribution < -0.4 is 10.1 Å². The molecular weight excluding hydrogens is 288 g/mol. The van der Waals surface area contributed by atoms with Gasteiger partial charge in [0.2, 0.25) is 0 Å². The average molecular weight is 306 g/mol. The Balaban J connectivity index is 1.79. The van der Waals surface area contributed by atoms with Crippen molar-refractivity contribution in [2.24, 2.45) is 5.92 Å². The maximum Gasteiger partial charge on any atom is 0.387 e. The summed E-state index contributed by atoms with van der Waals surface area (Å²) in [6.07, 6.45) is 2.28. The third-order valence-corrected chi connectivity index (χ3v) is 3.52. The van der Waals surface area contributed by atoms with E-state index in [2.05, 4.69) is 10.1 Å². The van der Waals surface area contributed by atoms with Crippen LogP contribution in [0.4, 0.5) is 8.78 Å². The summed E-state index contributed by atoms with van der Waals surface area (Å²) in [5, 5.41) is 3.53. The summed E-state index contributed by atoms with van der Waals surface area (Å²) < 4.78 is 33.9. The molecule has 1 saturated heterocycles. The highest BCUT2D eigenvalue weighted by Gasteiger charge is 2.13. The Morgan fingerprint density at radius 2 is 2.30 bits per heavy atom. The van der Waals surface area contributed by atoms with Gasteiger partial charge in [-0.15, -0.1) is 0 Å². The molecule has 1 fully saturated rings. The molecular formula is C14H18ClF2NO2. The van der Waals surface area contributed by atoms with Gasteiger partial charge >= 0.3 is 6.61 Å². The second-order valence-corrected chi connectivity index (χ2v) is 5.26. The maximum absolute atomic E-state index is 12.1. The largest absolute Gasteiger partial charge is 0.433 e. The van der Waals surface area contributed by atoms with Crippen LogP contribution in [-0.4, -0.2) is 26.4 Å². The fourth-order valence-electron chi connectivity index (χ4n) is 2.23. The lowest BCUT2D eigenvalue weighted by atomic mass is 10.0. The number of hydrogen-bond donors (Lipinski definition) is 1. The van der Waals surface area contributed by atoms with E-state index in [1.54, 1.807) is 12.1 Å². The predicted molar refractivity (Wildman–Crippen MR) is 73.3 cm³/mol. The summed E-state index contributed by atoms with van der Waals surface area (Å²) in [6.45, 7) is 0.327. The molecule has 20 heavy (non-hydrogen) atoms. The third-order valence-electron chi connectivity index (χ3n) is 3.23. The Hall–Kier alpha value is -0.910. The molecule has 6 heteroatoms. The van der Waals surface area contributed by atoms with Crippen molar-refractivity contribution in [2.45, 2.75) is 26.0 Å². The van der Waals surface area contributed by atoms with E-state index in [1.807, 2.05) is 0 Å². The monoisotopic (exact) mass is 305 g/mol. The highest BCUT2D eigenvalue weighted by molar-refractivity contribution is 6.32. The van der Waals surface area contributed by atoms with Gasteiger partial charge in [0.15, 0.2) is 0 Å². The molecule has 0 radical (unpaired) electrons. The average Bonchev–Trinajstić information content (AvgIpc) is 2.43. The molecule has 0 bridgehead atoms. The number of halogens is 3. The van der Waals surface area contributed by atoms with Crippen LogP contribution in [0, 0.1) is 5.92 Å². The van der Waals surface area contributed by atoms with Crippen molar-refractivity contribution in [3.05, 3.63) is 28.8 Å². The van der Waals surface area contributed by atoms with Gasteiger partial charge in [-0.25, -0.2) is 0 Å². The van der Waals surface area contributed by atoms with Crippen molar-refractivity contribution in [3.8, 4) is 5.75 Å². The highest BCUT2D eigenvalue weighted by atomic mass is 35.5. The Morgan fingerprint density at radius 1 is 1.45 bits per heavy atom.